The van der Waals surface area contributed by atoms with E-state index in [1.54, 1.807) is 0 Å². The van der Waals surface area contributed by atoms with Gasteiger partial charge in [0.1, 0.15) is 5.82 Å². The van der Waals surface area contributed by atoms with Gasteiger partial charge in [0.2, 0.25) is 0 Å². The second-order valence-electron chi connectivity index (χ2n) is 7.80. The average molecular weight is 375 g/mol. The minimum atomic E-state index is 0.692. The van der Waals surface area contributed by atoms with Gasteiger partial charge in [-0.1, -0.05) is 19.9 Å². The molecule has 1 rings (SSSR count). The smallest absolute Gasteiger partial charge is 0.128 e. The lowest BCUT2D eigenvalue weighted by Crippen LogP contribution is -2.28. The van der Waals surface area contributed by atoms with Gasteiger partial charge in [0.15, 0.2) is 0 Å². The van der Waals surface area contributed by atoms with E-state index in [2.05, 4.69) is 84.4 Å². The molecular weight excluding hydrogens is 336 g/mol. The maximum absolute atomic E-state index is 4.49. The highest BCUT2D eigenvalue weighted by atomic mass is 15.3. The molecule has 0 bridgehead atoms. The quantitative estimate of drug-likeness (QED) is 0.450. The summed E-state index contributed by atoms with van der Waals surface area (Å²) in [4.78, 5) is 11.2. The van der Waals surface area contributed by atoms with E-state index in [4.69, 9.17) is 0 Å². The minimum Gasteiger partial charge on any atom is -0.360 e. The first-order chi connectivity index (χ1) is 12.8. The summed E-state index contributed by atoms with van der Waals surface area (Å²) < 4.78 is 0. The van der Waals surface area contributed by atoms with E-state index >= 15 is 0 Å². The van der Waals surface area contributed by atoms with Crippen molar-refractivity contribution in [1.82, 2.24) is 20.2 Å². The summed E-state index contributed by atoms with van der Waals surface area (Å²) in [5.74, 6) is 1.68. The third kappa shape index (κ3) is 10.1. The van der Waals surface area contributed by atoms with E-state index in [1.165, 1.54) is 0 Å². The average Bonchev–Trinajstić information content (AvgIpc) is 2.64. The van der Waals surface area contributed by atoms with E-state index in [0.29, 0.717) is 5.92 Å². The Morgan fingerprint density at radius 1 is 1.19 bits per heavy atom. The summed E-state index contributed by atoms with van der Waals surface area (Å²) in [7, 11) is 8.40. The lowest BCUT2D eigenvalue weighted by Gasteiger charge is -2.19. The summed E-state index contributed by atoms with van der Waals surface area (Å²) in [5, 5.41) is 4.45. The van der Waals surface area contributed by atoms with Gasteiger partial charge in [-0.2, -0.15) is 5.10 Å². The highest BCUT2D eigenvalue weighted by Gasteiger charge is 2.06. The molecule has 0 aromatic carbocycles. The van der Waals surface area contributed by atoms with Gasteiger partial charge in [-0.05, 0) is 52.5 Å². The standard InChI is InChI=1S/C21H38N6/c1-18(2)10-14-27(7)21-17-20(9-12-22-21)19(3)24-23-11-8-13-26(6)16-15-25(4)5/h8-9,11-12,17-18,23H,10,13-16H2,1-7H3/b11-8+,24-19+. The predicted molar refractivity (Wildman–Crippen MR) is 117 cm³/mol. The number of rotatable bonds is 12. The number of hydrogen-bond acceptors (Lipinski definition) is 6. The van der Waals surface area contributed by atoms with Crippen LogP contribution in [-0.2, 0) is 0 Å². The van der Waals surface area contributed by atoms with Gasteiger partial charge in [-0.3, -0.25) is 5.43 Å². The number of nitrogens with zero attached hydrogens (tertiary/aromatic N) is 5. The van der Waals surface area contributed by atoms with Crippen LogP contribution in [0.1, 0.15) is 32.8 Å². The molecule has 27 heavy (non-hydrogen) atoms. The lowest BCUT2D eigenvalue weighted by molar-refractivity contribution is 0.302. The van der Waals surface area contributed by atoms with Crippen molar-refractivity contribution in [2.75, 3.05) is 59.3 Å². The molecule has 1 aromatic rings. The number of hydrazone groups is 1. The SMILES string of the molecule is C/C(=N\N/C=C/CN(C)CCN(C)C)c1ccnc(N(C)CCC(C)C)c1. The van der Waals surface area contributed by atoms with Crippen LogP contribution in [0.3, 0.4) is 0 Å². The summed E-state index contributed by atoms with van der Waals surface area (Å²) in [6.07, 6.45) is 6.99. The zero-order valence-electron chi connectivity index (χ0n) is 18.2. The van der Waals surface area contributed by atoms with Crippen LogP contribution in [-0.4, -0.2) is 74.9 Å². The van der Waals surface area contributed by atoms with Crippen LogP contribution in [0.4, 0.5) is 5.82 Å². The summed E-state index contributed by atoms with van der Waals surface area (Å²) >= 11 is 0. The first-order valence-corrected chi connectivity index (χ1v) is 9.75. The maximum atomic E-state index is 4.49. The normalized spacial score (nSPS) is 12.6. The van der Waals surface area contributed by atoms with Crippen molar-refractivity contribution in [2.45, 2.75) is 27.2 Å². The number of likely N-dealkylation sites (N-methyl/N-ethyl adjacent to an activating group) is 2. The Hall–Kier alpha value is -1.92. The van der Waals surface area contributed by atoms with Crippen LogP contribution in [0.25, 0.3) is 0 Å². The fraction of sp³-hybridized carbons (Fsp3) is 0.619. The van der Waals surface area contributed by atoms with Gasteiger partial charge >= 0.3 is 0 Å². The third-order valence-electron chi connectivity index (χ3n) is 4.37. The Morgan fingerprint density at radius 3 is 2.59 bits per heavy atom. The number of aromatic nitrogens is 1. The van der Waals surface area contributed by atoms with E-state index in [1.807, 2.05) is 25.4 Å². The molecule has 6 nitrogen and oxygen atoms in total. The Bertz CT molecular complexity index is 594. The summed E-state index contributed by atoms with van der Waals surface area (Å²) in [5.41, 5.74) is 5.06. The van der Waals surface area contributed by atoms with Crippen LogP contribution in [0.2, 0.25) is 0 Å². The van der Waals surface area contributed by atoms with Gasteiger partial charge in [0.25, 0.3) is 0 Å². The van der Waals surface area contributed by atoms with Crippen molar-refractivity contribution in [1.29, 1.82) is 0 Å². The van der Waals surface area contributed by atoms with Crippen LogP contribution in [0.5, 0.6) is 0 Å². The van der Waals surface area contributed by atoms with Gasteiger partial charge < -0.3 is 14.7 Å². The topological polar surface area (TPSA) is 47.0 Å². The van der Waals surface area contributed by atoms with Crippen molar-refractivity contribution >= 4 is 11.5 Å². The fourth-order valence-corrected chi connectivity index (χ4v) is 2.36. The Morgan fingerprint density at radius 2 is 1.93 bits per heavy atom. The molecular formula is C21H38N6. The Labute approximate surface area is 165 Å². The van der Waals surface area contributed by atoms with E-state index in [9.17, 15) is 0 Å². The van der Waals surface area contributed by atoms with Crippen LogP contribution < -0.4 is 10.3 Å². The highest BCUT2D eigenvalue weighted by molar-refractivity contribution is 5.99. The molecule has 0 saturated heterocycles. The summed E-state index contributed by atoms with van der Waals surface area (Å²) in [6.45, 7) is 10.5. The molecule has 1 N–H and O–H groups in total. The van der Waals surface area contributed by atoms with Gasteiger partial charge in [0, 0.05) is 51.2 Å². The van der Waals surface area contributed by atoms with E-state index in [-0.39, 0.29) is 0 Å². The number of nitrogens with one attached hydrogen (secondary N) is 1. The lowest BCUT2D eigenvalue weighted by atomic mass is 10.1. The van der Waals surface area contributed by atoms with Gasteiger partial charge in [-0.15, -0.1) is 0 Å². The monoisotopic (exact) mass is 374 g/mol. The molecule has 0 atom stereocenters. The molecule has 6 heteroatoms. The first kappa shape index (κ1) is 23.1. The molecule has 0 radical (unpaired) electrons. The Balaban J connectivity index is 2.52. The van der Waals surface area contributed by atoms with E-state index < -0.39 is 0 Å². The minimum absolute atomic E-state index is 0.692. The van der Waals surface area contributed by atoms with Gasteiger partial charge in [0.05, 0.1) is 5.71 Å². The zero-order valence-corrected chi connectivity index (χ0v) is 18.2. The van der Waals surface area contributed by atoms with Gasteiger partial charge in [-0.25, -0.2) is 4.98 Å². The maximum Gasteiger partial charge on any atom is 0.128 e. The molecule has 0 saturated carbocycles. The molecule has 1 aromatic heterocycles. The molecule has 1 heterocycles. The van der Waals surface area contributed by atoms with Crippen molar-refractivity contribution in [3.05, 3.63) is 36.2 Å². The van der Waals surface area contributed by atoms with E-state index in [0.717, 1.165) is 49.7 Å². The number of hydrogen-bond donors (Lipinski definition) is 1. The van der Waals surface area contributed by atoms with Crippen molar-refractivity contribution in [2.24, 2.45) is 11.0 Å². The number of anilines is 1. The first-order valence-electron chi connectivity index (χ1n) is 9.75. The van der Waals surface area contributed by atoms with Crippen molar-refractivity contribution < 1.29 is 0 Å². The van der Waals surface area contributed by atoms with Crippen molar-refractivity contribution in [3.63, 3.8) is 0 Å². The van der Waals surface area contributed by atoms with Crippen LogP contribution in [0.15, 0.2) is 35.7 Å². The predicted octanol–water partition coefficient (Wildman–Crippen LogP) is 2.88. The molecule has 0 unspecified atom stereocenters. The molecule has 0 aliphatic heterocycles. The fourth-order valence-electron chi connectivity index (χ4n) is 2.36. The molecule has 0 spiro atoms. The number of pyridine rings is 1. The zero-order chi connectivity index (χ0) is 20.2. The molecule has 152 valence electrons. The van der Waals surface area contributed by atoms with Crippen LogP contribution >= 0.6 is 0 Å². The molecule has 0 amide bonds. The second kappa shape index (κ2) is 12.5. The largest absolute Gasteiger partial charge is 0.360 e. The third-order valence-corrected chi connectivity index (χ3v) is 4.37. The summed E-state index contributed by atoms with van der Waals surface area (Å²) in [6, 6.07) is 4.10. The Kier molecular flexibility index (Phi) is 10.7. The van der Waals surface area contributed by atoms with Crippen molar-refractivity contribution in [3.8, 4) is 0 Å². The molecule has 0 aliphatic rings. The molecule has 0 fully saturated rings. The second-order valence-corrected chi connectivity index (χ2v) is 7.80. The highest BCUT2D eigenvalue weighted by Crippen LogP contribution is 2.13. The van der Waals surface area contributed by atoms with Crippen LogP contribution in [0, 0.1) is 5.92 Å². The molecule has 0 aliphatic carbocycles.